The Hall–Kier alpha value is -3.25. The molecular formula is C34H38Cl2N2O3. The molecule has 5 nitrogen and oxygen atoms in total. The van der Waals surface area contributed by atoms with Gasteiger partial charge in [-0.2, -0.15) is 0 Å². The highest BCUT2D eigenvalue weighted by atomic mass is 35.5. The molecule has 0 aliphatic heterocycles. The summed E-state index contributed by atoms with van der Waals surface area (Å²) < 4.78 is 11.6. The number of nitrogens with one attached hydrogen (secondary N) is 1. The molecule has 0 aromatic heterocycles. The number of nitrogens with two attached hydrogens (primary N) is 1. The lowest BCUT2D eigenvalue weighted by Crippen LogP contribution is -2.22. The molecule has 0 saturated carbocycles. The first kappa shape index (κ1) is 30.7. The van der Waals surface area contributed by atoms with E-state index in [2.05, 4.69) is 54.7 Å². The minimum absolute atomic E-state index is 0.0226. The maximum Gasteiger partial charge on any atom is 0.217 e. The Bertz CT molecular complexity index is 1390. The molecule has 3 aromatic carbocycles. The van der Waals surface area contributed by atoms with Gasteiger partial charge in [-0.3, -0.25) is 4.79 Å². The molecule has 0 fully saturated rings. The van der Waals surface area contributed by atoms with Crippen molar-refractivity contribution in [1.82, 2.24) is 5.32 Å². The van der Waals surface area contributed by atoms with Crippen LogP contribution in [-0.4, -0.2) is 25.7 Å². The zero-order chi connectivity index (χ0) is 29.4. The summed E-state index contributed by atoms with van der Waals surface area (Å²) in [5, 5.41) is 3.92. The summed E-state index contributed by atoms with van der Waals surface area (Å²) in [7, 11) is 0. The number of carbonyl (C=O) groups is 1. The van der Waals surface area contributed by atoms with Crippen LogP contribution in [0.2, 0.25) is 10.0 Å². The average molecular weight is 594 g/mol. The number of ether oxygens (including phenoxy) is 2. The Morgan fingerprint density at radius 1 is 1.02 bits per heavy atom. The first-order valence-corrected chi connectivity index (χ1v) is 14.7. The van der Waals surface area contributed by atoms with Crippen LogP contribution >= 0.6 is 23.2 Å². The average Bonchev–Trinajstić information content (AvgIpc) is 2.95. The predicted molar refractivity (Wildman–Crippen MR) is 168 cm³/mol. The van der Waals surface area contributed by atoms with Crippen LogP contribution in [0.3, 0.4) is 0 Å². The summed E-state index contributed by atoms with van der Waals surface area (Å²) in [5.41, 5.74) is 13.5. The highest BCUT2D eigenvalue weighted by Gasteiger charge is 2.22. The van der Waals surface area contributed by atoms with Gasteiger partial charge in [0, 0.05) is 25.3 Å². The van der Waals surface area contributed by atoms with Gasteiger partial charge in [0.15, 0.2) is 5.75 Å². The van der Waals surface area contributed by atoms with E-state index in [1.165, 1.54) is 22.3 Å². The second-order valence-corrected chi connectivity index (χ2v) is 11.4. The zero-order valence-corrected chi connectivity index (χ0v) is 25.4. The molecule has 1 aliphatic rings. The van der Waals surface area contributed by atoms with Crippen molar-refractivity contribution in [1.29, 1.82) is 0 Å². The van der Waals surface area contributed by atoms with E-state index >= 15 is 0 Å². The van der Waals surface area contributed by atoms with E-state index in [4.69, 9.17) is 38.4 Å². The topological polar surface area (TPSA) is 73.6 Å². The van der Waals surface area contributed by atoms with Gasteiger partial charge in [0.1, 0.15) is 19.0 Å². The predicted octanol–water partition coefficient (Wildman–Crippen LogP) is 7.57. The summed E-state index contributed by atoms with van der Waals surface area (Å²) in [4.78, 5) is 11.4. The summed E-state index contributed by atoms with van der Waals surface area (Å²) in [5.74, 6) is 1.74. The summed E-state index contributed by atoms with van der Waals surface area (Å²) in [6.45, 7) is 7.50. The van der Waals surface area contributed by atoms with Crippen LogP contribution in [0.4, 0.5) is 0 Å². The molecule has 1 amide bonds. The fourth-order valence-corrected chi connectivity index (χ4v) is 6.01. The van der Waals surface area contributed by atoms with E-state index in [1.54, 1.807) is 6.92 Å². The van der Waals surface area contributed by atoms with Crippen molar-refractivity contribution in [2.45, 2.75) is 46.1 Å². The maximum atomic E-state index is 11.4. The fourth-order valence-electron chi connectivity index (χ4n) is 5.31. The first-order chi connectivity index (χ1) is 19.7. The van der Waals surface area contributed by atoms with Gasteiger partial charge in [-0.15, -0.1) is 0 Å². The zero-order valence-electron chi connectivity index (χ0n) is 23.9. The van der Waals surface area contributed by atoms with E-state index < -0.39 is 0 Å². The van der Waals surface area contributed by atoms with Gasteiger partial charge in [0.2, 0.25) is 5.91 Å². The number of carbonyl (C=O) groups excluding carboxylic acids is 1. The monoisotopic (exact) mass is 592 g/mol. The molecule has 0 radical (unpaired) electrons. The Morgan fingerprint density at radius 2 is 1.71 bits per heavy atom. The van der Waals surface area contributed by atoms with Gasteiger partial charge < -0.3 is 20.5 Å². The maximum absolute atomic E-state index is 11.4. The van der Waals surface area contributed by atoms with Crippen LogP contribution in [0.5, 0.6) is 11.5 Å². The third-order valence-electron chi connectivity index (χ3n) is 7.38. The third kappa shape index (κ3) is 8.38. The van der Waals surface area contributed by atoms with Crippen LogP contribution in [0.1, 0.15) is 48.4 Å². The summed E-state index contributed by atoms with van der Waals surface area (Å²) in [6, 6.07) is 20.1. The van der Waals surface area contributed by atoms with Gasteiger partial charge in [-0.1, -0.05) is 77.3 Å². The lowest BCUT2D eigenvalue weighted by molar-refractivity contribution is -0.119. The summed E-state index contributed by atoms with van der Waals surface area (Å²) in [6.07, 6.45) is 6.33. The van der Waals surface area contributed by atoms with E-state index in [-0.39, 0.29) is 17.7 Å². The van der Waals surface area contributed by atoms with Crippen molar-refractivity contribution in [3.63, 3.8) is 0 Å². The number of amides is 1. The van der Waals surface area contributed by atoms with Crippen LogP contribution < -0.4 is 20.5 Å². The second-order valence-electron chi connectivity index (χ2n) is 10.5. The van der Waals surface area contributed by atoms with E-state index in [9.17, 15) is 4.79 Å². The lowest BCUT2D eigenvalue weighted by Gasteiger charge is -2.27. The van der Waals surface area contributed by atoms with Crippen molar-refractivity contribution in [3.05, 3.63) is 116 Å². The molecule has 0 saturated heterocycles. The van der Waals surface area contributed by atoms with Crippen molar-refractivity contribution in [2.75, 3.05) is 19.8 Å². The molecule has 216 valence electrons. The van der Waals surface area contributed by atoms with E-state index in [1.807, 2.05) is 37.3 Å². The minimum atomic E-state index is -0.0226. The van der Waals surface area contributed by atoms with E-state index in [0.29, 0.717) is 42.1 Å². The molecule has 0 spiro atoms. The molecule has 1 aliphatic carbocycles. The fraction of sp³-hybridized carbons (Fsp3) is 0.324. The van der Waals surface area contributed by atoms with Crippen LogP contribution in [0.15, 0.2) is 84.0 Å². The molecular weight excluding hydrogens is 555 g/mol. The quantitative estimate of drug-likeness (QED) is 0.213. The largest absolute Gasteiger partial charge is 0.490 e. The first-order valence-electron chi connectivity index (χ1n) is 14.0. The van der Waals surface area contributed by atoms with Crippen molar-refractivity contribution >= 4 is 29.1 Å². The van der Waals surface area contributed by atoms with Crippen molar-refractivity contribution in [2.24, 2.45) is 11.7 Å². The number of halogens is 2. The Labute approximate surface area is 253 Å². The van der Waals surface area contributed by atoms with Gasteiger partial charge in [0.05, 0.1) is 10.0 Å². The Balaban J connectivity index is 1.32. The van der Waals surface area contributed by atoms with Crippen molar-refractivity contribution in [3.8, 4) is 11.5 Å². The molecule has 4 rings (SSSR count). The van der Waals surface area contributed by atoms with Gasteiger partial charge in [-0.25, -0.2) is 0 Å². The van der Waals surface area contributed by atoms with Gasteiger partial charge in [-0.05, 0) is 85.3 Å². The molecule has 0 bridgehead atoms. The molecule has 3 N–H and O–H groups in total. The highest BCUT2D eigenvalue weighted by molar-refractivity contribution is 6.37. The molecule has 41 heavy (non-hydrogen) atoms. The number of aryl methyl sites for hydroxylation is 1. The standard InChI is InChI=1S/C34H38Cl2N2O3/c1-22-16-32(35)34(33(36)17-22)41-15-14-40-29-11-8-25(9-12-29)19-28(20-37)30-13-10-26(18-23(30)2)31-7-5-4-6-27(31)21-38-24(3)39/h4-13,16-17,26,28H,14-15,18-21,37H2,1-3H3,(H,38,39). The van der Waals surface area contributed by atoms with Crippen molar-refractivity contribution < 1.29 is 14.3 Å². The Morgan fingerprint density at radius 3 is 2.37 bits per heavy atom. The number of benzene rings is 3. The molecule has 0 heterocycles. The molecule has 2 atom stereocenters. The third-order valence-corrected chi connectivity index (χ3v) is 7.94. The molecule has 3 aromatic rings. The summed E-state index contributed by atoms with van der Waals surface area (Å²) >= 11 is 12.5. The molecule has 2 unspecified atom stereocenters. The highest BCUT2D eigenvalue weighted by Crippen LogP contribution is 2.36. The normalized spacial score (nSPS) is 15.5. The lowest BCUT2D eigenvalue weighted by atomic mass is 9.79. The smallest absolute Gasteiger partial charge is 0.217 e. The number of hydrogen-bond donors (Lipinski definition) is 2. The van der Waals surface area contributed by atoms with Gasteiger partial charge in [0.25, 0.3) is 0 Å². The van der Waals surface area contributed by atoms with E-state index in [0.717, 1.165) is 29.7 Å². The number of rotatable bonds is 12. The second kappa shape index (κ2) is 14.6. The van der Waals surface area contributed by atoms with Crippen LogP contribution in [0, 0.1) is 12.8 Å². The molecule has 7 heteroatoms. The number of hydrogen-bond acceptors (Lipinski definition) is 4. The van der Waals surface area contributed by atoms with Crippen LogP contribution in [-0.2, 0) is 17.8 Å². The number of allylic oxidation sites excluding steroid dienone is 3. The SMILES string of the molecule is CC(=O)NCc1ccccc1C1C=CC(C(CN)Cc2ccc(OCCOc3c(Cl)cc(C)cc3Cl)cc2)=C(C)C1. The van der Waals surface area contributed by atoms with Crippen LogP contribution in [0.25, 0.3) is 0 Å². The minimum Gasteiger partial charge on any atom is -0.490 e. The van der Waals surface area contributed by atoms with Gasteiger partial charge >= 0.3 is 0 Å². The Kier molecular flexibility index (Phi) is 10.9.